The van der Waals surface area contributed by atoms with Crippen molar-refractivity contribution < 1.29 is 14.6 Å². The number of pyridine rings is 1. The second kappa shape index (κ2) is 5.99. The third kappa shape index (κ3) is 2.31. The number of aromatic nitrogens is 1. The summed E-state index contributed by atoms with van der Waals surface area (Å²) in [5, 5.41) is 14.4. The second-order valence-corrected chi connectivity index (χ2v) is 7.81. The molecule has 1 saturated carbocycles. The number of hydrogen-bond acceptors (Lipinski definition) is 5. The summed E-state index contributed by atoms with van der Waals surface area (Å²) >= 11 is 0. The number of anilines is 1. The molecule has 2 aliphatic carbocycles. The van der Waals surface area contributed by atoms with Crippen LogP contribution in [-0.4, -0.2) is 24.3 Å². The van der Waals surface area contributed by atoms with E-state index in [9.17, 15) is 5.11 Å². The van der Waals surface area contributed by atoms with Crippen LogP contribution in [0.2, 0.25) is 0 Å². The lowest BCUT2D eigenvalue weighted by Crippen LogP contribution is -2.26. The van der Waals surface area contributed by atoms with Crippen LogP contribution >= 0.6 is 0 Å². The van der Waals surface area contributed by atoms with E-state index in [2.05, 4.69) is 4.98 Å². The zero-order valence-electron chi connectivity index (χ0n) is 15.7. The van der Waals surface area contributed by atoms with E-state index in [0.29, 0.717) is 29.0 Å². The minimum Gasteiger partial charge on any atom is -0.493 e. The van der Waals surface area contributed by atoms with E-state index in [1.165, 1.54) is 18.4 Å². The number of nitrogens with zero attached hydrogens (tertiary/aromatic N) is 1. The van der Waals surface area contributed by atoms with E-state index in [4.69, 9.17) is 15.2 Å². The molecular formula is C22H24N2O3. The molecule has 0 spiro atoms. The van der Waals surface area contributed by atoms with Gasteiger partial charge in [-0.05, 0) is 65.6 Å². The molecule has 0 amide bonds. The fourth-order valence-corrected chi connectivity index (χ4v) is 5.29. The van der Waals surface area contributed by atoms with Gasteiger partial charge in [0.15, 0.2) is 11.5 Å². The van der Waals surface area contributed by atoms with Gasteiger partial charge in [0.25, 0.3) is 0 Å². The van der Waals surface area contributed by atoms with Gasteiger partial charge in [0.2, 0.25) is 0 Å². The molecule has 3 atom stereocenters. The molecule has 0 saturated heterocycles. The van der Waals surface area contributed by atoms with Gasteiger partial charge in [0, 0.05) is 10.9 Å². The molecule has 1 aromatic heterocycles. The third-order valence-corrected chi connectivity index (χ3v) is 6.51. The first-order valence-electron chi connectivity index (χ1n) is 9.56. The first kappa shape index (κ1) is 16.6. The van der Waals surface area contributed by atoms with Gasteiger partial charge in [-0.3, -0.25) is 4.98 Å². The Morgan fingerprint density at radius 2 is 1.78 bits per heavy atom. The molecule has 3 aromatic rings. The minimum atomic E-state index is -0.475. The van der Waals surface area contributed by atoms with Crippen LogP contribution in [0.15, 0.2) is 24.4 Å². The molecule has 1 fully saturated rings. The SMILES string of the molecule is COc1cc2c3c(c4ncc(N)cc4c2cc1OC)[C@@H](O)[C@H]1CCCC1C3. The van der Waals surface area contributed by atoms with Crippen LogP contribution in [0.5, 0.6) is 11.5 Å². The number of rotatable bonds is 2. The summed E-state index contributed by atoms with van der Waals surface area (Å²) < 4.78 is 11.1. The average molecular weight is 364 g/mol. The number of ether oxygens (including phenoxy) is 2. The Morgan fingerprint density at radius 1 is 1.04 bits per heavy atom. The standard InChI is InChI=1S/C22H24N2O3/c1-26-18-8-14-15(9-19(18)27-2)17-7-12(23)10-24-21(17)20-16(14)6-11-4-3-5-13(11)22(20)25/h7-11,13,22,25H,3-6,23H2,1-2H3/t11?,13-,22-/m0/s1. The minimum absolute atomic E-state index is 0.331. The van der Waals surface area contributed by atoms with Crippen LogP contribution in [-0.2, 0) is 6.42 Å². The maximum absolute atomic E-state index is 11.3. The highest BCUT2D eigenvalue weighted by atomic mass is 16.5. The van der Waals surface area contributed by atoms with Crippen LogP contribution in [0.25, 0.3) is 21.7 Å². The first-order chi connectivity index (χ1) is 13.1. The smallest absolute Gasteiger partial charge is 0.161 e. The van der Waals surface area contributed by atoms with Crippen LogP contribution in [0.1, 0.15) is 36.5 Å². The first-order valence-corrected chi connectivity index (χ1v) is 9.56. The second-order valence-electron chi connectivity index (χ2n) is 7.81. The highest BCUT2D eigenvalue weighted by Gasteiger charge is 2.40. The molecule has 0 aliphatic heterocycles. The van der Waals surface area contributed by atoms with Crippen molar-refractivity contribution in [1.29, 1.82) is 0 Å². The van der Waals surface area contributed by atoms with E-state index in [1.54, 1.807) is 20.4 Å². The molecule has 140 valence electrons. The van der Waals surface area contributed by atoms with Gasteiger partial charge in [0.05, 0.1) is 37.7 Å². The Kier molecular flexibility index (Phi) is 3.69. The maximum atomic E-state index is 11.3. The molecule has 5 nitrogen and oxygen atoms in total. The number of methoxy groups -OCH3 is 2. The largest absolute Gasteiger partial charge is 0.493 e. The maximum Gasteiger partial charge on any atom is 0.161 e. The molecule has 5 rings (SSSR count). The van der Waals surface area contributed by atoms with Crippen LogP contribution < -0.4 is 15.2 Å². The lowest BCUT2D eigenvalue weighted by molar-refractivity contribution is 0.0758. The summed E-state index contributed by atoms with van der Waals surface area (Å²) in [5.41, 5.74) is 9.71. The van der Waals surface area contributed by atoms with Gasteiger partial charge in [-0.25, -0.2) is 0 Å². The number of nitrogens with two attached hydrogens (primary N) is 1. The normalized spacial score (nSPS) is 24.0. The molecule has 1 unspecified atom stereocenters. The molecule has 2 aliphatic rings. The Labute approximate surface area is 158 Å². The zero-order chi connectivity index (χ0) is 18.7. The average Bonchev–Trinajstić information content (AvgIpc) is 3.16. The third-order valence-electron chi connectivity index (χ3n) is 6.51. The van der Waals surface area contributed by atoms with Crippen molar-refractivity contribution >= 4 is 27.4 Å². The number of aliphatic hydroxyl groups excluding tert-OH is 1. The van der Waals surface area contributed by atoms with Crippen molar-refractivity contribution in [1.82, 2.24) is 4.98 Å². The van der Waals surface area contributed by atoms with Crippen LogP contribution in [0.3, 0.4) is 0 Å². The summed E-state index contributed by atoms with van der Waals surface area (Å²) in [6, 6.07) is 5.99. The summed E-state index contributed by atoms with van der Waals surface area (Å²) in [7, 11) is 3.29. The Balaban J connectivity index is 1.93. The van der Waals surface area contributed by atoms with Crippen molar-refractivity contribution in [2.75, 3.05) is 20.0 Å². The Bertz CT molecular complexity index is 1060. The molecule has 5 heteroatoms. The van der Waals surface area contributed by atoms with Gasteiger partial charge in [0.1, 0.15) is 0 Å². The van der Waals surface area contributed by atoms with Gasteiger partial charge in [-0.1, -0.05) is 6.42 Å². The van der Waals surface area contributed by atoms with Crippen LogP contribution in [0.4, 0.5) is 5.69 Å². The Hall–Kier alpha value is -2.53. The number of benzene rings is 2. The summed E-state index contributed by atoms with van der Waals surface area (Å²) in [5.74, 6) is 2.25. The van der Waals surface area contributed by atoms with E-state index < -0.39 is 6.10 Å². The quantitative estimate of drug-likeness (QED) is 0.672. The molecular weight excluding hydrogens is 340 g/mol. The van der Waals surface area contributed by atoms with Gasteiger partial charge in [-0.2, -0.15) is 0 Å². The van der Waals surface area contributed by atoms with Crippen molar-refractivity contribution in [3.05, 3.63) is 35.5 Å². The van der Waals surface area contributed by atoms with E-state index in [0.717, 1.165) is 40.1 Å². The number of nitrogen functional groups attached to an aromatic ring is 1. The predicted molar refractivity (Wildman–Crippen MR) is 106 cm³/mol. The van der Waals surface area contributed by atoms with Crippen molar-refractivity contribution in [3.63, 3.8) is 0 Å². The highest BCUT2D eigenvalue weighted by molar-refractivity contribution is 6.11. The summed E-state index contributed by atoms with van der Waals surface area (Å²) in [6.45, 7) is 0. The predicted octanol–water partition coefficient (Wildman–Crippen LogP) is 3.99. The fraction of sp³-hybridized carbons (Fsp3) is 0.409. The summed E-state index contributed by atoms with van der Waals surface area (Å²) in [6.07, 6.45) is 5.65. The Morgan fingerprint density at radius 3 is 2.52 bits per heavy atom. The molecule has 0 radical (unpaired) electrons. The van der Waals surface area contributed by atoms with E-state index >= 15 is 0 Å². The summed E-state index contributed by atoms with van der Waals surface area (Å²) in [4.78, 5) is 4.65. The monoisotopic (exact) mass is 364 g/mol. The molecule has 3 N–H and O–H groups in total. The van der Waals surface area contributed by atoms with Crippen molar-refractivity contribution in [2.24, 2.45) is 11.8 Å². The van der Waals surface area contributed by atoms with Gasteiger partial charge in [-0.15, -0.1) is 0 Å². The molecule has 1 heterocycles. The highest BCUT2D eigenvalue weighted by Crippen LogP contribution is 2.51. The van der Waals surface area contributed by atoms with Crippen molar-refractivity contribution in [2.45, 2.75) is 31.8 Å². The van der Waals surface area contributed by atoms with Gasteiger partial charge < -0.3 is 20.3 Å². The number of aliphatic hydroxyl groups is 1. The fourth-order valence-electron chi connectivity index (χ4n) is 5.29. The van der Waals surface area contributed by atoms with Crippen molar-refractivity contribution in [3.8, 4) is 11.5 Å². The zero-order valence-corrected chi connectivity index (χ0v) is 15.7. The number of fused-ring (bicyclic) bond motifs is 7. The van der Waals surface area contributed by atoms with E-state index in [-0.39, 0.29) is 0 Å². The molecule has 0 bridgehead atoms. The van der Waals surface area contributed by atoms with Crippen LogP contribution in [0, 0.1) is 11.8 Å². The number of hydrogen-bond donors (Lipinski definition) is 2. The lowest BCUT2D eigenvalue weighted by Gasteiger charge is -2.34. The topological polar surface area (TPSA) is 77.6 Å². The molecule has 27 heavy (non-hydrogen) atoms. The van der Waals surface area contributed by atoms with Gasteiger partial charge >= 0.3 is 0 Å². The lowest BCUT2D eigenvalue weighted by atomic mass is 9.73. The molecule has 2 aromatic carbocycles. The van der Waals surface area contributed by atoms with E-state index in [1.807, 2.05) is 18.2 Å².